The quantitative estimate of drug-likeness (QED) is 0.676. The maximum absolute atomic E-state index is 12.1. The van der Waals surface area contributed by atoms with Gasteiger partial charge in [0.15, 0.2) is 5.69 Å². The largest absolute Gasteiger partial charge is 0.403 e. The van der Waals surface area contributed by atoms with Crippen LogP contribution in [0.3, 0.4) is 0 Å². The molecule has 0 aliphatic carbocycles. The number of rotatable bonds is 6. The monoisotopic (exact) mass is 390 g/mol. The Morgan fingerprint density at radius 3 is 2.48 bits per heavy atom. The van der Waals surface area contributed by atoms with Gasteiger partial charge >= 0.3 is 6.01 Å². The van der Waals surface area contributed by atoms with Gasteiger partial charge in [0.05, 0.1) is 4.90 Å². The van der Waals surface area contributed by atoms with E-state index < -0.39 is 15.9 Å². The molecule has 2 aromatic heterocycles. The van der Waals surface area contributed by atoms with Crippen LogP contribution in [0.15, 0.2) is 45.8 Å². The molecule has 0 saturated heterocycles. The molecule has 10 nitrogen and oxygen atoms in total. The summed E-state index contributed by atoms with van der Waals surface area (Å²) in [6, 6.07) is 7.51. The number of nitrogens with one attached hydrogen (secondary N) is 1. The third-order valence-corrected chi connectivity index (χ3v) is 5.55. The molecule has 1 amide bonds. The minimum absolute atomic E-state index is 0.0777. The fraction of sp³-hybridized carbons (Fsp3) is 0.250. The summed E-state index contributed by atoms with van der Waals surface area (Å²) in [5.74, 6) is -0.317. The maximum Gasteiger partial charge on any atom is 0.322 e. The number of anilines is 1. The van der Waals surface area contributed by atoms with E-state index in [4.69, 9.17) is 4.42 Å². The normalized spacial score (nSPS) is 11.7. The Morgan fingerprint density at radius 2 is 1.89 bits per heavy atom. The van der Waals surface area contributed by atoms with Gasteiger partial charge < -0.3 is 4.42 Å². The van der Waals surface area contributed by atoms with Gasteiger partial charge in [0.1, 0.15) is 0 Å². The van der Waals surface area contributed by atoms with Crippen LogP contribution < -0.4 is 5.32 Å². The van der Waals surface area contributed by atoms with Crippen molar-refractivity contribution in [3.8, 4) is 11.5 Å². The first-order chi connectivity index (χ1) is 12.8. The highest BCUT2D eigenvalue weighted by atomic mass is 32.2. The van der Waals surface area contributed by atoms with Gasteiger partial charge in [-0.25, -0.2) is 12.7 Å². The highest BCUT2D eigenvalue weighted by molar-refractivity contribution is 7.89. The van der Waals surface area contributed by atoms with Crippen molar-refractivity contribution in [3.63, 3.8) is 0 Å². The number of benzene rings is 1. The third kappa shape index (κ3) is 3.88. The zero-order valence-electron chi connectivity index (χ0n) is 14.9. The Balaban J connectivity index is 1.75. The van der Waals surface area contributed by atoms with E-state index >= 15 is 0 Å². The lowest BCUT2D eigenvalue weighted by atomic mass is 10.2. The number of aryl methyl sites for hydroxylation is 1. The number of hydrogen-bond donors (Lipinski definition) is 1. The van der Waals surface area contributed by atoms with Crippen LogP contribution in [0, 0.1) is 0 Å². The van der Waals surface area contributed by atoms with Gasteiger partial charge in [-0.05, 0) is 37.3 Å². The van der Waals surface area contributed by atoms with Crippen molar-refractivity contribution >= 4 is 21.9 Å². The Kier molecular flexibility index (Phi) is 5.06. The summed E-state index contributed by atoms with van der Waals surface area (Å²) < 4.78 is 32.3. The molecule has 0 fully saturated rings. The number of hydrogen-bond acceptors (Lipinski definition) is 7. The Labute approximate surface area is 155 Å². The molecule has 27 heavy (non-hydrogen) atoms. The summed E-state index contributed by atoms with van der Waals surface area (Å²) >= 11 is 0. The van der Waals surface area contributed by atoms with Crippen LogP contribution in [-0.2, 0) is 16.6 Å². The van der Waals surface area contributed by atoms with Crippen LogP contribution in [-0.4, -0.2) is 52.7 Å². The topological polar surface area (TPSA) is 123 Å². The molecule has 0 bridgehead atoms. The van der Waals surface area contributed by atoms with Gasteiger partial charge in [0.25, 0.3) is 5.91 Å². The van der Waals surface area contributed by atoms with E-state index in [0.29, 0.717) is 12.1 Å². The zero-order chi connectivity index (χ0) is 19.6. The molecule has 1 aromatic carbocycles. The highest BCUT2D eigenvalue weighted by Gasteiger charge is 2.18. The maximum atomic E-state index is 12.1. The molecular weight excluding hydrogens is 372 g/mol. The standard InChI is InChI=1S/C16H18N6O4S/c1-4-22-10-9-13(20-22)14(23)17-16-19-18-15(26-16)11-5-7-12(8-6-11)27(24,25)21(2)3/h5-10H,4H2,1-3H3,(H,17,19,23). The van der Waals surface area contributed by atoms with Crippen LogP contribution in [0.5, 0.6) is 0 Å². The van der Waals surface area contributed by atoms with Gasteiger partial charge in [-0.1, -0.05) is 5.10 Å². The number of nitrogens with zero attached hydrogens (tertiary/aromatic N) is 5. The Bertz CT molecular complexity index is 1050. The Morgan fingerprint density at radius 1 is 1.19 bits per heavy atom. The molecule has 0 atom stereocenters. The third-order valence-electron chi connectivity index (χ3n) is 3.72. The second-order valence-electron chi connectivity index (χ2n) is 5.73. The molecule has 11 heteroatoms. The van der Waals surface area contributed by atoms with Crippen LogP contribution in [0.25, 0.3) is 11.5 Å². The van der Waals surface area contributed by atoms with Crippen molar-refractivity contribution in [3.05, 3.63) is 42.2 Å². The molecule has 1 N–H and O–H groups in total. The fourth-order valence-corrected chi connectivity index (χ4v) is 3.09. The summed E-state index contributed by atoms with van der Waals surface area (Å²) in [4.78, 5) is 12.3. The molecule has 0 aliphatic rings. The van der Waals surface area contributed by atoms with E-state index in [2.05, 4.69) is 20.6 Å². The summed E-state index contributed by atoms with van der Waals surface area (Å²) in [6.45, 7) is 2.56. The number of amides is 1. The van der Waals surface area contributed by atoms with Gasteiger partial charge in [-0.3, -0.25) is 14.8 Å². The minimum Gasteiger partial charge on any atom is -0.403 e. The molecule has 2 heterocycles. The van der Waals surface area contributed by atoms with E-state index in [1.54, 1.807) is 29.1 Å². The van der Waals surface area contributed by atoms with Crippen LogP contribution in [0.2, 0.25) is 0 Å². The molecule has 142 valence electrons. The van der Waals surface area contributed by atoms with E-state index in [1.165, 1.54) is 26.2 Å². The van der Waals surface area contributed by atoms with Crippen LogP contribution >= 0.6 is 0 Å². The average Bonchev–Trinajstić information content (AvgIpc) is 3.31. The van der Waals surface area contributed by atoms with Gasteiger partial charge in [-0.2, -0.15) is 5.10 Å². The zero-order valence-corrected chi connectivity index (χ0v) is 15.8. The van der Waals surface area contributed by atoms with Gasteiger partial charge in [-0.15, -0.1) is 5.10 Å². The van der Waals surface area contributed by atoms with Crippen molar-refractivity contribution < 1.29 is 17.6 Å². The van der Waals surface area contributed by atoms with Crippen molar-refractivity contribution in [2.24, 2.45) is 0 Å². The van der Waals surface area contributed by atoms with Gasteiger partial charge in [0, 0.05) is 32.4 Å². The van der Waals surface area contributed by atoms with Crippen molar-refractivity contribution in [2.75, 3.05) is 19.4 Å². The molecule has 0 radical (unpaired) electrons. The first-order valence-electron chi connectivity index (χ1n) is 8.02. The predicted octanol–water partition coefficient (Wildman–Crippen LogP) is 1.46. The molecule has 0 saturated carbocycles. The molecule has 0 unspecified atom stereocenters. The second kappa shape index (κ2) is 7.29. The van der Waals surface area contributed by atoms with Crippen molar-refractivity contribution in [1.82, 2.24) is 24.3 Å². The SMILES string of the molecule is CCn1ccc(C(=O)Nc2nnc(-c3ccc(S(=O)(=O)N(C)C)cc3)o2)n1. The minimum atomic E-state index is -3.52. The van der Waals surface area contributed by atoms with E-state index in [9.17, 15) is 13.2 Å². The number of sulfonamides is 1. The molecular formula is C16H18N6O4S. The second-order valence-corrected chi connectivity index (χ2v) is 7.89. The first kappa shape index (κ1) is 18.7. The lowest BCUT2D eigenvalue weighted by Gasteiger charge is -2.11. The van der Waals surface area contributed by atoms with Crippen molar-refractivity contribution in [1.29, 1.82) is 0 Å². The lowest BCUT2D eigenvalue weighted by molar-refractivity contribution is 0.101. The van der Waals surface area contributed by atoms with Crippen molar-refractivity contribution in [2.45, 2.75) is 18.4 Å². The smallest absolute Gasteiger partial charge is 0.322 e. The molecule has 0 aliphatic heterocycles. The average molecular weight is 390 g/mol. The van der Waals surface area contributed by atoms with Gasteiger partial charge in [0.2, 0.25) is 15.9 Å². The van der Waals surface area contributed by atoms with Crippen LogP contribution in [0.1, 0.15) is 17.4 Å². The molecule has 0 spiro atoms. The predicted molar refractivity (Wildman–Crippen MR) is 96.5 cm³/mol. The van der Waals surface area contributed by atoms with Crippen LogP contribution in [0.4, 0.5) is 6.01 Å². The summed E-state index contributed by atoms with van der Waals surface area (Å²) in [6.07, 6.45) is 1.69. The van der Waals surface area contributed by atoms with E-state index in [0.717, 1.165) is 4.31 Å². The summed E-state index contributed by atoms with van der Waals surface area (Å²) in [5.41, 5.74) is 0.755. The summed E-state index contributed by atoms with van der Waals surface area (Å²) in [5, 5.41) is 14.2. The number of carbonyl (C=O) groups excluding carboxylic acids is 1. The lowest BCUT2D eigenvalue weighted by Crippen LogP contribution is -2.22. The summed E-state index contributed by atoms with van der Waals surface area (Å²) in [7, 11) is -0.600. The fourth-order valence-electron chi connectivity index (χ4n) is 2.19. The molecule has 3 rings (SSSR count). The van der Waals surface area contributed by atoms with E-state index in [-0.39, 0.29) is 22.5 Å². The van der Waals surface area contributed by atoms with E-state index in [1.807, 2.05) is 6.92 Å². The molecule has 3 aromatic rings. The highest BCUT2D eigenvalue weighted by Crippen LogP contribution is 2.22. The Hall–Kier alpha value is -3.05. The number of aromatic nitrogens is 4. The number of carbonyl (C=O) groups is 1. The first-order valence-corrected chi connectivity index (χ1v) is 9.46.